The first-order valence-electron chi connectivity index (χ1n) is 5.44. The van der Waals surface area contributed by atoms with Gasteiger partial charge in [0.1, 0.15) is 6.33 Å². The predicted molar refractivity (Wildman–Crippen MR) is 63.7 cm³/mol. The molecule has 0 bridgehead atoms. The fraction of sp³-hybridized carbons (Fsp3) is 0.600. The Balaban J connectivity index is 2.13. The quantitative estimate of drug-likeness (QED) is 0.779. The Labute approximate surface area is 104 Å². The van der Waals surface area contributed by atoms with Crippen molar-refractivity contribution in [3.05, 3.63) is 18.0 Å². The van der Waals surface area contributed by atoms with Gasteiger partial charge in [-0.25, -0.2) is 0 Å². The van der Waals surface area contributed by atoms with Gasteiger partial charge in [-0.05, 0) is 27.7 Å². The molecule has 7 heteroatoms. The molecule has 17 heavy (non-hydrogen) atoms. The van der Waals surface area contributed by atoms with E-state index in [4.69, 9.17) is 4.52 Å². The van der Waals surface area contributed by atoms with Crippen LogP contribution in [0.15, 0.2) is 16.0 Å². The van der Waals surface area contributed by atoms with Crippen molar-refractivity contribution in [3.8, 4) is 0 Å². The van der Waals surface area contributed by atoms with Crippen LogP contribution in [-0.2, 0) is 0 Å². The minimum atomic E-state index is 0.0675. The highest BCUT2D eigenvalue weighted by atomic mass is 32.2. The predicted octanol–water partition coefficient (Wildman–Crippen LogP) is 2.40. The van der Waals surface area contributed by atoms with Crippen LogP contribution in [0, 0.1) is 6.92 Å². The van der Waals surface area contributed by atoms with E-state index in [1.165, 1.54) is 0 Å². The summed E-state index contributed by atoms with van der Waals surface area (Å²) in [5, 5.41) is 12.7. The summed E-state index contributed by atoms with van der Waals surface area (Å²) in [5.74, 6) is 1.27. The van der Waals surface area contributed by atoms with Crippen LogP contribution >= 0.6 is 11.8 Å². The van der Waals surface area contributed by atoms with E-state index in [0.717, 1.165) is 5.16 Å². The molecule has 1 atom stereocenters. The van der Waals surface area contributed by atoms with Crippen molar-refractivity contribution in [1.82, 2.24) is 24.9 Å². The maximum atomic E-state index is 5.14. The summed E-state index contributed by atoms with van der Waals surface area (Å²) in [5.41, 5.74) is 0. The van der Waals surface area contributed by atoms with Crippen molar-refractivity contribution in [3.63, 3.8) is 0 Å². The van der Waals surface area contributed by atoms with Gasteiger partial charge < -0.3 is 9.09 Å². The minimum Gasteiger partial charge on any atom is -0.338 e. The molecule has 2 rings (SSSR count). The summed E-state index contributed by atoms with van der Waals surface area (Å²) in [7, 11) is 0. The molecule has 0 aliphatic heterocycles. The summed E-state index contributed by atoms with van der Waals surface area (Å²) < 4.78 is 7.15. The first kappa shape index (κ1) is 12.1. The average Bonchev–Trinajstić information content (AvgIpc) is 2.86. The zero-order valence-electron chi connectivity index (χ0n) is 10.3. The second-order valence-corrected chi connectivity index (χ2v) is 5.36. The van der Waals surface area contributed by atoms with Crippen LogP contribution in [0.5, 0.6) is 0 Å². The van der Waals surface area contributed by atoms with Crippen LogP contribution in [0.25, 0.3) is 0 Å². The van der Waals surface area contributed by atoms with E-state index in [0.29, 0.717) is 17.8 Å². The van der Waals surface area contributed by atoms with Gasteiger partial charge in [0.25, 0.3) is 0 Å². The second kappa shape index (κ2) is 4.87. The highest BCUT2D eigenvalue weighted by Gasteiger charge is 2.18. The Hall–Kier alpha value is -1.37. The van der Waals surface area contributed by atoms with Gasteiger partial charge in [-0.1, -0.05) is 16.9 Å². The highest BCUT2D eigenvalue weighted by Crippen LogP contribution is 2.33. The summed E-state index contributed by atoms with van der Waals surface area (Å²) in [6, 6.07) is 0.337. The van der Waals surface area contributed by atoms with Crippen molar-refractivity contribution in [2.24, 2.45) is 0 Å². The van der Waals surface area contributed by atoms with Crippen molar-refractivity contribution in [2.75, 3.05) is 0 Å². The third kappa shape index (κ3) is 2.66. The molecule has 0 aromatic carbocycles. The third-order valence-corrected chi connectivity index (χ3v) is 3.33. The Kier molecular flexibility index (Phi) is 3.46. The standard InChI is InChI=1S/C10H15N5OS/c1-6(2)15-5-11-13-10(15)17-7(3)9-12-8(4)14-16-9/h5-7H,1-4H3/t7-/m0/s1. The first-order chi connectivity index (χ1) is 8.08. The van der Waals surface area contributed by atoms with Gasteiger partial charge in [0.05, 0.1) is 5.25 Å². The zero-order valence-corrected chi connectivity index (χ0v) is 11.1. The molecule has 0 radical (unpaired) electrons. The van der Waals surface area contributed by atoms with Crippen molar-refractivity contribution >= 4 is 11.8 Å². The van der Waals surface area contributed by atoms with E-state index in [1.54, 1.807) is 25.0 Å². The average molecular weight is 253 g/mol. The number of hydrogen-bond donors (Lipinski definition) is 0. The van der Waals surface area contributed by atoms with Gasteiger partial charge in [-0.15, -0.1) is 10.2 Å². The lowest BCUT2D eigenvalue weighted by Crippen LogP contribution is -2.02. The summed E-state index contributed by atoms with van der Waals surface area (Å²) in [6.07, 6.45) is 1.73. The molecule has 0 saturated heterocycles. The number of aromatic nitrogens is 5. The van der Waals surface area contributed by atoms with Crippen molar-refractivity contribution in [1.29, 1.82) is 0 Å². The molecule has 0 spiro atoms. The van der Waals surface area contributed by atoms with Crippen molar-refractivity contribution in [2.45, 2.75) is 44.1 Å². The smallest absolute Gasteiger partial charge is 0.239 e. The van der Waals surface area contributed by atoms with E-state index in [2.05, 4.69) is 34.2 Å². The number of nitrogens with zero attached hydrogens (tertiary/aromatic N) is 5. The Morgan fingerprint density at radius 3 is 2.71 bits per heavy atom. The van der Waals surface area contributed by atoms with Gasteiger partial charge >= 0.3 is 0 Å². The van der Waals surface area contributed by atoms with Crippen LogP contribution in [0.1, 0.15) is 43.8 Å². The van der Waals surface area contributed by atoms with Crippen molar-refractivity contribution < 1.29 is 4.52 Å². The molecule has 2 aromatic heterocycles. The number of thioether (sulfide) groups is 1. The Morgan fingerprint density at radius 1 is 1.35 bits per heavy atom. The van der Waals surface area contributed by atoms with E-state index in [-0.39, 0.29) is 5.25 Å². The van der Waals surface area contributed by atoms with Gasteiger partial charge in [0.2, 0.25) is 5.89 Å². The summed E-state index contributed by atoms with van der Waals surface area (Å²) in [6.45, 7) is 8.00. The molecule has 92 valence electrons. The van der Waals surface area contributed by atoms with E-state index < -0.39 is 0 Å². The Bertz CT molecular complexity index is 492. The molecule has 0 aliphatic carbocycles. The molecule has 2 aromatic rings. The van der Waals surface area contributed by atoms with Gasteiger partial charge in [-0.2, -0.15) is 4.98 Å². The molecule has 6 nitrogen and oxygen atoms in total. The molecular formula is C10H15N5OS. The first-order valence-corrected chi connectivity index (χ1v) is 6.32. The molecule has 0 amide bonds. The molecule has 0 unspecified atom stereocenters. The molecule has 2 heterocycles. The van der Waals surface area contributed by atoms with Crippen LogP contribution < -0.4 is 0 Å². The van der Waals surface area contributed by atoms with Crippen LogP contribution in [0.4, 0.5) is 0 Å². The topological polar surface area (TPSA) is 69.6 Å². The van der Waals surface area contributed by atoms with Gasteiger partial charge in [0, 0.05) is 6.04 Å². The zero-order chi connectivity index (χ0) is 12.4. The molecule has 0 fully saturated rings. The summed E-state index contributed by atoms with van der Waals surface area (Å²) in [4.78, 5) is 4.21. The maximum Gasteiger partial charge on any atom is 0.239 e. The van der Waals surface area contributed by atoms with E-state index >= 15 is 0 Å². The number of aryl methyl sites for hydroxylation is 1. The Morgan fingerprint density at radius 2 is 2.12 bits per heavy atom. The maximum absolute atomic E-state index is 5.14. The largest absolute Gasteiger partial charge is 0.338 e. The molecule has 0 saturated carbocycles. The van der Waals surface area contributed by atoms with Crippen LogP contribution in [-0.4, -0.2) is 24.9 Å². The normalized spacial score (nSPS) is 13.2. The third-order valence-electron chi connectivity index (χ3n) is 2.27. The SMILES string of the molecule is Cc1noc([C@H](C)Sc2nncn2C(C)C)n1. The number of hydrogen-bond acceptors (Lipinski definition) is 6. The lowest BCUT2D eigenvalue weighted by molar-refractivity contribution is 0.376. The highest BCUT2D eigenvalue weighted by molar-refractivity contribution is 7.99. The fourth-order valence-corrected chi connectivity index (χ4v) is 2.34. The monoisotopic (exact) mass is 253 g/mol. The molecule has 0 aliphatic rings. The fourth-order valence-electron chi connectivity index (χ4n) is 1.36. The molecular weight excluding hydrogens is 238 g/mol. The second-order valence-electron chi connectivity index (χ2n) is 4.05. The molecule has 0 N–H and O–H groups in total. The lowest BCUT2D eigenvalue weighted by Gasteiger charge is -2.11. The van der Waals surface area contributed by atoms with Gasteiger partial charge in [-0.3, -0.25) is 0 Å². The lowest BCUT2D eigenvalue weighted by atomic mass is 10.4. The van der Waals surface area contributed by atoms with Crippen LogP contribution in [0.2, 0.25) is 0 Å². The van der Waals surface area contributed by atoms with E-state index in [1.807, 2.05) is 11.5 Å². The van der Waals surface area contributed by atoms with Gasteiger partial charge in [0.15, 0.2) is 11.0 Å². The summed E-state index contributed by atoms with van der Waals surface area (Å²) >= 11 is 1.56. The van der Waals surface area contributed by atoms with E-state index in [9.17, 15) is 0 Å². The minimum absolute atomic E-state index is 0.0675. The van der Waals surface area contributed by atoms with Crippen LogP contribution in [0.3, 0.4) is 0 Å². The number of rotatable bonds is 4.